The molecule has 17 heavy (non-hydrogen) atoms. The van der Waals surface area contributed by atoms with Crippen molar-refractivity contribution < 1.29 is 4.79 Å². The van der Waals surface area contributed by atoms with Crippen molar-refractivity contribution in [3.8, 4) is 0 Å². The summed E-state index contributed by atoms with van der Waals surface area (Å²) in [4.78, 5) is 12.8. The summed E-state index contributed by atoms with van der Waals surface area (Å²) in [5.74, 6) is 0. The highest BCUT2D eigenvalue weighted by molar-refractivity contribution is 9.10. The zero-order valence-corrected chi connectivity index (χ0v) is 12.1. The molecule has 0 atom stereocenters. The topological polar surface area (TPSA) is 41.1 Å². The molecule has 0 unspecified atom stereocenters. The van der Waals surface area contributed by atoms with Crippen LogP contribution in [0.4, 0.5) is 4.79 Å². The van der Waals surface area contributed by atoms with Crippen molar-refractivity contribution in [3.05, 3.63) is 20.8 Å². The van der Waals surface area contributed by atoms with E-state index in [9.17, 15) is 4.79 Å². The lowest BCUT2D eigenvalue weighted by molar-refractivity contribution is 0.232. The van der Waals surface area contributed by atoms with E-state index in [0.717, 1.165) is 22.2 Å². The first-order chi connectivity index (χ1) is 8.25. The molecule has 2 amide bonds. The molecule has 94 valence electrons. The summed E-state index contributed by atoms with van der Waals surface area (Å²) >= 11 is 5.10. The van der Waals surface area contributed by atoms with Gasteiger partial charge in [-0.2, -0.15) is 0 Å². The van der Waals surface area contributed by atoms with Crippen LogP contribution in [-0.4, -0.2) is 12.1 Å². The summed E-state index contributed by atoms with van der Waals surface area (Å²) in [5.41, 5.74) is 0. The van der Waals surface area contributed by atoms with Crippen LogP contribution in [0.3, 0.4) is 0 Å². The summed E-state index contributed by atoms with van der Waals surface area (Å²) in [5, 5.41) is 7.96. The van der Waals surface area contributed by atoms with Gasteiger partial charge in [-0.1, -0.05) is 19.3 Å². The molecule has 0 bridgehead atoms. The Morgan fingerprint density at radius 2 is 2.18 bits per heavy atom. The Morgan fingerprint density at radius 3 is 2.82 bits per heavy atom. The standard InChI is InChI=1S/C12H17BrN2OS/c13-10-6-7-17-11(10)8-14-12(16)15-9-4-2-1-3-5-9/h6-7,9H,1-5,8H2,(H2,14,15,16). The average molecular weight is 317 g/mol. The minimum Gasteiger partial charge on any atom is -0.335 e. The lowest BCUT2D eigenvalue weighted by Crippen LogP contribution is -2.42. The highest BCUT2D eigenvalue weighted by atomic mass is 79.9. The van der Waals surface area contributed by atoms with Gasteiger partial charge in [0, 0.05) is 15.4 Å². The van der Waals surface area contributed by atoms with Gasteiger partial charge in [-0.05, 0) is 40.2 Å². The third-order valence-corrected chi connectivity index (χ3v) is 4.97. The Labute approximate surface area is 114 Å². The molecule has 0 spiro atoms. The molecule has 0 radical (unpaired) electrons. The largest absolute Gasteiger partial charge is 0.335 e. The molecule has 1 heterocycles. The van der Waals surface area contributed by atoms with Gasteiger partial charge < -0.3 is 10.6 Å². The van der Waals surface area contributed by atoms with Crippen molar-refractivity contribution in [1.82, 2.24) is 10.6 Å². The Morgan fingerprint density at radius 1 is 1.41 bits per heavy atom. The molecule has 1 fully saturated rings. The van der Waals surface area contributed by atoms with E-state index in [2.05, 4.69) is 26.6 Å². The molecule has 1 aromatic heterocycles. The molecule has 2 N–H and O–H groups in total. The predicted molar refractivity (Wildman–Crippen MR) is 74.3 cm³/mol. The van der Waals surface area contributed by atoms with Crippen molar-refractivity contribution in [2.24, 2.45) is 0 Å². The number of carbonyl (C=O) groups excluding carboxylic acids is 1. The highest BCUT2D eigenvalue weighted by Crippen LogP contribution is 2.22. The minimum absolute atomic E-state index is 0.0443. The third-order valence-electron chi connectivity index (χ3n) is 3.04. The van der Waals surface area contributed by atoms with Gasteiger partial charge in [0.2, 0.25) is 0 Å². The molecule has 2 rings (SSSR count). The number of rotatable bonds is 3. The molecule has 1 saturated carbocycles. The van der Waals surface area contributed by atoms with E-state index in [-0.39, 0.29) is 6.03 Å². The second-order valence-electron chi connectivity index (χ2n) is 4.35. The van der Waals surface area contributed by atoms with Crippen LogP contribution in [-0.2, 0) is 6.54 Å². The van der Waals surface area contributed by atoms with Crippen LogP contribution in [0.25, 0.3) is 0 Å². The molecule has 1 aromatic rings. The maximum absolute atomic E-state index is 11.7. The van der Waals surface area contributed by atoms with Gasteiger partial charge in [0.25, 0.3) is 0 Å². The summed E-state index contributed by atoms with van der Waals surface area (Å²) in [6, 6.07) is 2.33. The van der Waals surface area contributed by atoms with Crippen molar-refractivity contribution in [1.29, 1.82) is 0 Å². The maximum atomic E-state index is 11.7. The first-order valence-corrected chi connectivity index (χ1v) is 7.69. The molecular weight excluding hydrogens is 300 g/mol. The summed E-state index contributed by atoms with van der Waals surface area (Å²) in [6.45, 7) is 0.594. The van der Waals surface area contributed by atoms with Crippen LogP contribution in [0.2, 0.25) is 0 Å². The number of carbonyl (C=O) groups is 1. The minimum atomic E-state index is -0.0443. The van der Waals surface area contributed by atoms with Crippen LogP contribution in [0.1, 0.15) is 37.0 Å². The predicted octanol–water partition coefficient (Wildman–Crippen LogP) is 3.64. The molecule has 1 aliphatic carbocycles. The average Bonchev–Trinajstić information content (AvgIpc) is 2.74. The summed E-state index contributed by atoms with van der Waals surface area (Å²) < 4.78 is 1.07. The van der Waals surface area contributed by atoms with Gasteiger partial charge in [-0.15, -0.1) is 11.3 Å². The third kappa shape index (κ3) is 4.00. The number of amides is 2. The monoisotopic (exact) mass is 316 g/mol. The number of halogens is 1. The van der Waals surface area contributed by atoms with E-state index in [0.29, 0.717) is 12.6 Å². The summed E-state index contributed by atoms with van der Waals surface area (Å²) in [7, 11) is 0. The zero-order chi connectivity index (χ0) is 12.1. The lowest BCUT2D eigenvalue weighted by atomic mass is 9.96. The van der Waals surface area contributed by atoms with Crippen LogP contribution in [0.5, 0.6) is 0 Å². The van der Waals surface area contributed by atoms with Crippen LogP contribution in [0.15, 0.2) is 15.9 Å². The van der Waals surface area contributed by atoms with E-state index >= 15 is 0 Å². The van der Waals surface area contributed by atoms with Crippen LogP contribution < -0.4 is 10.6 Å². The lowest BCUT2D eigenvalue weighted by Gasteiger charge is -2.22. The molecule has 1 aliphatic rings. The van der Waals surface area contributed by atoms with E-state index < -0.39 is 0 Å². The van der Waals surface area contributed by atoms with Crippen LogP contribution in [0, 0.1) is 0 Å². The van der Waals surface area contributed by atoms with Crippen molar-refractivity contribution in [2.45, 2.75) is 44.7 Å². The second-order valence-corrected chi connectivity index (χ2v) is 6.21. The zero-order valence-electron chi connectivity index (χ0n) is 9.67. The highest BCUT2D eigenvalue weighted by Gasteiger charge is 2.15. The number of hydrogen-bond acceptors (Lipinski definition) is 2. The number of urea groups is 1. The fourth-order valence-electron chi connectivity index (χ4n) is 2.10. The Bertz CT molecular complexity index is 374. The Kier molecular flexibility index (Phi) is 4.86. The van der Waals surface area contributed by atoms with Gasteiger partial charge in [0.05, 0.1) is 6.54 Å². The fraction of sp³-hybridized carbons (Fsp3) is 0.583. The van der Waals surface area contributed by atoms with Crippen molar-refractivity contribution in [3.63, 3.8) is 0 Å². The SMILES string of the molecule is O=C(NCc1sccc1Br)NC1CCCCC1. The number of nitrogens with one attached hydrogen (secondary N) is 2. The Balaban J connectivity index is 1.72. The maximum Gasteiger partial charge on any atom is 0.315 e. The first-order valence-electron chi connectivity index (χ1n) is 6.02. The van der Waals surface area contributed by atoms with E-state index in [1.54, 1.807) is 11.3 Å². The molecule has 0 saturated heterocycles. The molecular formula is C12H17BrN2OS. The van der Waals surface area contributed by atoms with Crippen LogP contribution >= 0.6 is 27.3 Å². The molecule has 0 aliphatic heterocycles. The van der Waals surface area contributed by atoms with Crippen molar-refractivity contribution >= 4 is 33.3 Å². The van der Waals surface area contributed by atoms with Gasteiger partial charge in [-0.25, -0.2) is 4.79 Å². The number of hydrogen-bond donors (Lipinski definition) is 2. The van der Waals surface area contributed by atoms with Gasteiger partial charge in [0.15, 0.2) is 0 Å². The number of thiophene rings is 1. The van der Waals surface area contributed by atoms with Gasteiger partial charge in [-0.3, -0.25) is 0 Å². The second kappa shape index (κ2) is 6.40. The van der Waals surface area contributed by atoms with E-state index in [4.69, 9.17) is 0 Å². The van der Waals surface area contributed by atoms with Gasteiger partial charge >= 0.3 is 6.03 Å². The molecule has 5 heteroatoms. The normalized spacial score (nSPS) is 16.8. The molecule has 0 aromatic carbocycles. The van der Waals surface area contributed by atoms with Gasteiger partial charge in [0.1, 0.15) is 0 Å². The fourth-order valence-corrected chi connectivity index (χ4v) is 3.53. The first kappa shape index (κ1) is 12.9. The quantitative estimate of drug-likeness (QED) is 0.878. The Hall–Kier alpha value is -0.550. The smallest absolute Gasteiger partial charge is 0.315 e. The molecule has 3 nitrogen and oxygen atoms in total. The van der Waals surface area contributed by atoms with E-state index in [1.807, 2.05) is 11.4 Å². The summed E-state index contributed by atoms with van der Waals surface area (Å²) in [6.07, 6.45) is 6.02. The van der Waals surface area contributed by atoms with Crippen molar-refractivity contribution in [2.75, 3.05) is 0 Å². The van der Waals surface area contributed by atoms with E-state index in [1.165, 1.54) is 19.3 Å².